The van der Waals surface area contributed by atoms with Crippen molar-refractivity contribution in [3.8, 4) is 0 Å². The summed E-state index contributed by atoms with van der Waals surface area (Å²) in [6.45, 7) is 0.649. The second-order valence-electron chi connectivity index (χ2n) is 3.80. The van der Waals surface area contributed by atoms with E-state index < -0.39 is 11.9 Å². The summed E-state index contributed by atoms with van der Waals surface area (Å²) in [6.07, 6.45) is 3.46. The molecule has 0 bridgehead atoms. The number of nitrogens with one attached hydrogen (secondary N) is 1. The summed E-state index contributed by atoms with van der Waals surface area (Å²) in [5.41, 5.74) is 10.4. The van der Waals surface area contributed by atoms with E-state index in [1.807, 2.05) is 0 Å². The Labute approximate surface area is 83.2 Å². The smallest absolute Gasteiger partial charge is 0.237 e. The highest BCUT2D eigenvalue weighted by atomic mass is 16.2. The molecule has 14 heavy (non-hydrogen) atoms. The monoisotopic (exact) mass is 199 g/mol. The summed E-state index contributed by atoms with van der Waals surface area (Å²) in [4.78, 5) is 21.7. The second-order valence-corrected chi connectivity index (χ2v) is 3.80. The van der Waals surface area contributed by atoms with Gasteiger partial charge in [0, 0.05) is 6.54 Å². The summed E-state index contributed by atoms with van der Waals surface area (Å²) >= 11 is 0. The van der Waals surface area contributed by atoms with Crippen LogP contribution >= 0.6 is 0 Å². The molecule has 5 nitrogen and oxygen atoms in total. The number of hydrogen-bond acceptors (Lipinski definition) is 3. The van der Waals surface area contributed by atoms with Gasteiger partial charge in [-0.25, -0.2) is 0 Å². The lowest BCUT2D eigenvalue weighted by atomic mass is 10.2. The van der Waals surface area contributed by atoms with E-state index in [9.17, 15) is 9.59 Å². The van der Waals surface area contributed by atoms with Crippen LogP contribution in [-0.4, -0.2) is 24.4 Å². The number of primary amides is 1. The fourth-order valence-electron chi connectivity index (χ4n) is 1.25. The third-order valence-corrected chi connectivity index (χ3v) is 2.31. The molecule has 2 amide bonds. The lowest BCUT2D eigenvalue weighted by Gasteiger charge is -2.09. The van der Waals surface area contributed by atoms with E-state index in [1.165, 1.54) is 12.8 Å². The zero-order valence-corrected chi connectivity index (χ0v) is 8.16. The van der Waals surface area contributed by atoms with Gasteiger partial charge >= 0.3 is 0 Å². The van der Waals surface area contributed by atoms with Crippen LogP contribution in [0.15, 0.2) is 0 Å². The lowest BCUT2D eigenvalue weighted by molar-refractivity contribution is -0.126. The molecular formula is C9H17N3O2. The Kier molecular flexibility index (Phi) is 3.88. The van der Waals surface area contributed by atoms with Crippen molar-refractivity contribution in [2.24, 2.45) is 17.4 Å². The van der Waals surface area contributed by atoms with Gasteiger partial charge in [-0.2, -0.15) is 0 Å². The highest BCUT2D eigenvalue weighted by Gasteiger charge is 2.21. The quantitative estimate of drug-likeness (QED) is 0.517. The molecule has 1 fully saturated rings. The van der Waals surface area contributed by atoms with E-state index in [4.69, 9.17) is 11.5 Å². The Balaban J connectivity index is 2.08. The Morgan fingerprint density at radius 1 is 1.43 bits per heavy atom. The molecule has 0 aromatic heterocycles. The molecule has 1 aliphatic carbocycles. The molecule has 5 heteroatoms. The van der Waals surface area contributed by atoms with Gasteiger partial charge in [0.15, 0.2) is 0 Å². The van der Waals surface area contributed by atoms with Crippen LogP contribution in [0.25, 0.3) is 0 Å². The van der Waals surface area contributed by atoms with Gasteiger partial charge in [0.05, 0.1) is 12.5 Å². The zero-order chi connectivity index (χ0) is 10.6. The largest absolute Gasteiger partial charge is 0.370 e. The predicted molar refractivity (Wildman–Crippen MR) is 52.1 cm³/mol. The summed E-state index contributed by atoms with van der Waals surface area (Å²) in [7, 11) is 0. The zero-order valence-electron chi connectivity index (χ0n) is 8.16. The number of nitrogens with two attached hydrogens (primary N) is 2. The SMILES string of the molecule is NC(=O)CC(N)C(=O)NCCC1CC1. The molecule has 0 spiro atoms. The lowest BCUT2D eigenvalue weighted by Crippen LogP contribution is -2.43. The first-order valence-corrected chi connectivity index (χ1v) is 4.91. The first-order chi connectivity index (χ1) is 6.59. The van der Waals surface area contributed by atoms with Crippen molar-refractivity contribution in [3.05, 3.63) is 0 Å². The van der Waals surface area contributed by atoms with Crippen LogP contribution in [0.5, 0.6) is 0 Å². The molecule has 0 heterocycles. The van der Waals surface area contributed by atoms with Crippen LogP contribution in [0.2, 0.25) is 0 Å². The van der Waals surface area contributed by atoms with Gasteiger partial charge < -0.3 is 16.8 Å². The Morgan fingerprint density at radius 2 is 2.07 bits per heavy atom. The average molecular weight is 199 g/mol. The van der Waals surface area contributed by atoms with Gasteiger partial charge in [-0.05, 0) is 12.3 Å². The highest BCUT2D eigenvalue weighted by molar-refractivity contribution is 5.87. The molecule has 0 aliphatic heterocycles. The molecule has 80 valence electrons. The second kappa shape index (κ2) is 4.95. The van der Waals surface area contributed by atoms with Crippen LogP contribution in [0.1, 0.15) is 25.7 Å². The van der Waals surface area contributed by atoms with Crippen molar-refractivity contribution in [2.45, 2.75) is 31.7 Å². The van der Waals surface area contributed by atoms with E-state index in [-0.39, 0.29) is 12.3 Å². The summed E-state index contributed by atoms with van der Waals surface area (Å²) in [5.74, 6) is -0.0537. The standard InChI is InChI=1S/C9H17N3O2/c10-7(5-8(11)13)9(14)12-4-3-6-1-2-6/h6-7H,1-5,10H2,(H2,11,13)(H,12,14). The Bertz CT molecular complexity index is 226. The van der Waals surface area contributed by atoms with Crippen LogP contribution < -0.4 is 16.8 Å². The van der Waals surface area contributed by atoms with E-state index in [0.717, 1.165) is 12.3 Å². The van der Waals surface area contributed by atoms with E-state index in [2.05, 4.69) is 5.32 Å². The number of hydrogen-bond donors (Lipinski definition) is 3. The Hall–Kier alpha value is -1.10. The summed E-state index contributed by atoms with van der Waals surface area (Å²) < 4.78 is 0. The maximum Gasteiger partial charge on any atom is 0.237 e. The minimum Gasteiger partial charge on any atom is -0.370 e. The van der Waals surface area contributed by atoms with Gasteiger partial charge in [0.1, 0.15) is 0 Å². The van der Waals surface area contributed by atoms with Gasteiger partial charge in [-0.15, -0.1) is 0 Å². The molecule has 1 atom stereocenters. The molecule has 0 aromatic rings. The third-order valence-electron chi connectivity index (χ3n) is 2.31. The van der Waals surface area contributed by atoms with Crippen molar-refractivity contribution < 1.29 is 9.59 Å². The first kappa shape index (κ1) is 11.0. The number of amides is 2. The first-order valence-electron chi connectivity index (χ1n) is 4.91. The minimum absolute atomic E-state index is 0.0880. The molecule has 1 unspecified atom stereocenters. The maximum atomic E-state index is 11.2. The predicted octanol–water partition coefficient (Wildman–Crippen LogP) is -0.895. The molecule has 1 aliphatic rings. The van der Waals surface area contributed by atoms with Crippen LogP contribution in [0.3, 0.4) is 0 Å². The Morgan fingerprint density at radius 3 is 2.57 bits per heavy atom. The van der Waals surface area contributed by atoms with E-state index in [0.29, 0.717) is 6.54 Å². The van der Waals surface area contributed by atoms with Crippen molar-refractivity contribution >= 4 is 11.8 Å². The normalized spacial score (nSPS) is 17.5. The number of carbonyl (C=O) groups excluding carboxylic acids is 2. The van der Waals surface area contributed by atoms with Crippen LogP contribution in [0, 0.1) is 5.92 Å². The molecule has 5 N–H and O–H groups in total. The number of rotatable bonds is 6. The average Bonchev–Trinajstić information content (AvgIpc) is 2.86. The fourth-order valence-corrected chi connectivity index (χ4v) is 1.25. The van der Waals surface area contributed by atoms with Crippen molar-refractivity contribution in [3.63, 3.8) is 0 Å². The summed E-state index contributed by atoms with van der Waals surface area (Å²) in [5, 5.41) is 2.69. The molecular weight excluding hydrogens is 182 g/mol. The van der Waals surface area contributed by atoms with Gasteiger partial charge in [-0.3, -0.25) is 9.59 Å². The van der Waals surface area contributed by atoms with Crippen molar-refractivity contribution in [1.29, 1.82) is 0 Å². The molecule has 0 saturated heterocycles. The van der Waals surface area contributed by atoms with E-state index >= 15 is 0 Å². The van der Waals surface area contributed by atoms with Gasteiger partial charge in [0.2, 0.25) is 11.8 Å². The van der Waals surface area contributed by atoms with Crippen LogP contribution in [-0.2, 0) is 9.59 Å². The summed E-state index contributed by atoms with van der Waals surface area (Å²) in [6, 6.07) is -0.799. The van der Waals surface area contributed by atoms with Gasteiger partial charge in [-0.1, -0.05) is 12.8 Å². The topological polar surface area (TPSA) is 98.2 Å². The third kappa shape index (κ3) is 4.23. The molecule has 1 saturated carbocycles. The van der Waals surface area contributed by atoms with Crippen LogP contribution in [0.4, 0.5) is 0 Å². The fraction of sp³-hybridized carbons (Fsp3) is 0.778. The highest BCUT2D eigenvalue weighted by Crippen LogP contribution is 2.31. The van der Waals surface area contributed by atoms with E-state index in [1.54, 1.807) is 0 Å². The molecule has 1 rings (SSSR count). The molecule has 0 radical (unpaired) electrons. The molecule has 0 aromatic carbocycles. The van der Waals surface area contributed by atoms with Gasteiger partial charge in [0.25, 0.3) is 0 Å². The maximum absolute atomic E-state index is 11.2. The van der Waals surface area contributed by atoms with Crippen molar-refractivity contribution in [2.75, 3.05) is 6.54 Å². The number of carbonyl (C=O) groups is 2. The van der Waals surface area contributed by atoms with Crippen molar-refractivity contribution in [1.82, 2.24) is 5.32 Å². The minimum atomic E-state index is -0.799.